The SMILES string of the molecule is CO[Si](CCCNC(=O)/C=C/C(=O)NCCC[Si](OC)(OC)OC)(OC)OC. The van der Waals surface area contributed by atoms with Gasteiger partial charge in [-0.25, -0.2) is 0 Å². The Labute approximate surface area is 169 Å². The van der Waals surface area contributed by atoms with E-state index < -0.39 is 17.6 Å². The van der Waals surface area contributed by atoms with Crippen molar-refractivity contribution >= 4 is 29.4 Å². The zero-order chi connectivity index (χ0) is 21.5. The topological polar surface area (TPSA) is 114 Å². The summed E-state index contributed by atoms with van der Waals surface area (Å²) in [5, 5.41) is 5.40. The number of nitrogens with one attached hydrogen (secondary N) is 2. The highest BCUT2D eigenvalue weighted by Gasteiger charge is 2.37. The lowest BCUT2D eigenvalue weighted by Crippen LogP contribution is -2.43. The molecule has 0 bridgehead atoms. The summed E-state index contributed by atoms with van der Waals surface area (Å²) in [6.07, 6.45) is 3.66. The van der Waals surface area contributed by atoms with E-state index in [2.05, 4.69) is 10.6 Å². The van der Waals surface area contributed by atoms with E-state index in [9.17, 15) is 9.59 Å². The van der Waals surface area contributed by atoms with Gasteiger partial charge in [0.05, 0.1) is 0 Å². The Balaban J connectivity index is 4.07. The van der Waals surface area contributed by atoms with Gasteiger partial charge in [0.25, 0.3) is 0 Å². The van der Waals surface area contributed by atoms with Crippen LogP contribution in [-0.4, -0.2) is 85.2 Å². The van der Waals surface area contributed by atoms with Gasteiger partial charge in [-0.15, -0.1) is 0 Å². The van der Waals surface area contributed by atoms with E-state index in [1.54, 1.807) is 42.7 Å². The molecule has 0 saturated carbocycles. The summed E-state index contributed by atoms with van der Waals surface area (Å²) in [4.78, 5) is 23.5. The molecule has 0 aliphatic heterocycles. The fourth-order valence-corrected chi connectivity index (χ4v) is 5.86. The minimum absolute atomic E-state index is 0.348. The zero-order valence-corrected chi connectivity index (χ0v) is 19.7. The van der Waals surface area contributed by atoms with Crippen LogP contribution in [0.5, 0.6) is 0 Å². The lowest BCUT2D eigenvalue weighted by Gasteiger charge is -2.24. The first-order valence-corrected chi connectivity index (χ1v) is 12.8. The monoisotopic (exact) mass is 438 g/mol. The van der Waals surface area contributed by atoms with Crippen LogP contribution in [0.2, 0.25) is 12.1 Å². The molecule has 28 heavy (non-hydrogen) atoms. The molecular formula is C16H34N2O8Si2. The standard InChI is InChI=1S/C16H34N2O8Si2/c1-21-27(22-2,23-3)13-7-11-17-15(19)9-10-16(20)18-12-8-14-28(24-4,25-5)26-6/h9-10H,7-8,11-14H2,1-6H3,(H,17,19)(H,18,20)/b10-9+. The minimum Gasteiger partial charge on any atom is -0.377 e. The molecule has 0 unspecified atom stereocenters. The van der Waals surface area contributed by atoms with Gasteiger partial charge >= 0.3 is 17.6 Å². The van der Waals surface area contributed by atoms with E-state index in [4.69, 9.17) is 26.6 Å². The number of hydrogen-bond donors (Lipinski definition) is 2. The third kappa shape index (κ3) is 9.88. The van der Waals surface area contributed by atoms with Crippen molar-refractivity contribution < 1.29 is 36.1 Å². The Morgan fingerprint density at radius 2 is 0.929 bits per heavy atom. The van der Waals surface area contributed by atoms with Gasteiger partial charge in [0.15, 0.2) is 0 Å². The first-order valence-electron chi connectivity index (χ1n) is 8.91. The molecule has 0 spiro atoms. The number of amides is 2. The van der Waals surface area contributed by atoms with Crippen LogP contribution in [0, 0.1) is 0 Å². The Morgan fingerprint density at radius 1 is 0.643 bits per heavy atom. The first kappa shape index (κ1) is 26.9. The Bertz CT molecular complexity index is 427. The van der Waals surface area contributed by atoms with Gasteiger partial charge in [-0.05, 0) is 12.8 Å². The summed E-state index contributed by atoms with van der Waals surface area (Å²) >= 11 is 0. The largest absolute Gasteiger partial charge is 0.500 e. The second-order valence-corrected chi connectivity index (χ2v) is 11.9. The molecule has 0 radical (unpaired) electrons. The molecule has 10 nitrogen and oxygen atoms in total. The number of hydrogen-bond acceptors (Lipinski definition) is 8. The van der Waals surface area contributed by atoms with Crippen LogP contribution in [0.1, 0.15) is 12.8 Å². The maximum atomic E-state index is 11.8. The molecule has 0 aliphatic carbocycles. The summed E-state index contributed by atoms with van der Waals surface area (Å²) in [6.45, 7) is 0.848. The maximum absolute atomic E-state index is 11.8. The predicted molar refractivity (Wildman–Crippen MR) is 108 cm³/mol. The van der Waals surface area contributed by atoms with Crippen molar-refractivity contribution in [2.24, 2.45) is 0 Å². The molecule has 0 atom stereocenters. The Hall–Kier alpha value is -1.13. The van der Waals surface area contributed by atoms with E-state index in [-0.39, 0.29) is 11.8 Å². The minimum atomic E-state index is -2.62. The molecule has 0 rings (SSSR count). The quantitative estimate of drug-likeness (QED) is 0.201. The van der Waals surface area contributed by atoms with Gasteiger partial charge in [-0.3, -0.25) is 9.59 Å². The highest BCUT2D eigenvalue weighted by molar-refractivity contribution is 6.60. The third-order valence-electron chi connectivity index (χ3n) is 4.17. The highest BCUT2D eigenvalue weighted by Crippen LogP contribution is 2.15. The lowest BCUT2D eigenvalue weighted by atomic mass is 10.4. The van der Waals surface area contributed by atoms with Gasteiger partial charge in [0.2, 0.25) is 11.8 Å². The predicted octanol–water partition coefficient (Wildman–Crippen LogP) is 0.311. The molecule has 0 heterocycles. The fraction of sp³-hybridized carbons (Fsp3) is 0.750. The van der Waals surface area contributed by atoms with Crippen molar-refractivity contribution in [2.45, 2.75) is 24.9 Å². The third-order valence-corrected chi connectivity index (χ3v) is 9.83. The highest BCUT2D eigenvalue weighted by atomic mass is 28.4. The van der Waals surface area contributed by atoms with Crippen molar-refractivity contribution in [2.75, 3.05) is 55.7 Å². The van der Waals surface area contributed by atoms with Gasteiger partial charge in [-0.2, -0.15) is 0 Å². The fourth-order valence-electron chi connectivity index (χ4n) is 2.41. The van der Waals surface area contributed by atoms with E-state index in [1.165, 1.54) is 12.2 Å². The van der Waals surface area contributed by atoms with Gasteiger partial charge < -0.3 is 37.2 Å². The molecule has 0 saturated heterocycles. The average molecular weight is 439 g/mol. The summed E-state index contributed by atoms with van der Waals surface area (Å²) in [5.74, 6) is -0.696. The molecule has 0 aliphatic rings. The van der Waals surface area contributed by atoms with Crippen LogP contribution in [-0.2, 0) is 36.1 Å². The van der Waals surface area contributed by atoms with Gasteiger partial charge in [0.1, 0.15) is 0 Å². The van der Waals surface area contributed by atoms with Crippen molar-refractivity contribution in [3.8, 4) is 0 Å². The molecule has 2 amide bonds. The molecule has 164 valence electrons. The van der Waals surface area contributed by atoms with Gasteiger partial charge in [0, 0.05) is 80.0 Å². The molecule has 12 heteroatoms. The maximum Gasteiger partial charge on any atom is 0.500 e. The molecule has 0 aromatic carbocycles. The van der Waals surface area contributed by atoms with E-state index >= 15 is 0 Å². The summed E-state index contributed by atoms with van der Waals surface area (Å²) in [5.41, 5.74) is 0. The second-order valence-electron chi connectivity index (χ2n) is 5.71. The summed E-state index contributed by atoms with van der Waals surface area (Å²) < 4.78 is 31.8. The first-order chi connectivity index (χ1) is 13.4. The van der Waals surface area contributed by atoms with E-state index in [1.807, 2.05) is 0 Å². The van der Waals surface area contributed by atoms with Crippen molar-refractivity contribution in [3.63, 3.8) is 0 Å². The van der Waals surface area contributed by atoms with Gasteiger partial charge in [-0.1, -0.05) is 0 Å². The van der Waals surface area contributed by atoms with Crippen LogP contribution >= 0.6 is 0 Å². The van der Waals surface area contributed by atoms with Crippen molar-refractivity contribution in [1.82, 2.24) is 10.6 Å². The molecule has 0 fully saturated rings. The zero-order valence-electron chi connectivity index (χ0n) is 17.7. The number of carbonyl (C=O) groups excluding carboxylic acids is 2. The molecule has 2 N–H and O–H groups in total. The van der Waals surface area contributed by atoms with Crippen molar-refractivity contribution in [3.05, 3.63) is 12.2 Å². The lowest BCUT2D eigenvalue weighted by molar-refractivity contribution is -0.118. The Morgan fingerprint density at radius 3 is 1.18 bits per heavy atom. The number of carbonyl (C=O) groups is 2. The summed E-state index contributed by atoms with van der Waals surface area (Å²) in [7, 11) is 4.01. The number of rotatable bonds is 16. The van der Waals surface area contributed by atoms with Crippen LogP contribution in [0.3, 0.4) is 0 Å². The van der Waals surface area contributed by atoms with E-state index in [0.29, 0.717) is 38.0 Å². The molecule has 0 aromatic rings. The average Bonchev–Trinajstić information content (AvgIpc) is 2.73. The van der Waals surface area contributed by atoms with Crippen LogP contribution in [0.15, 0.2) is 12.2 Å². The normalized spacial score (nSPS) is 12.4. The Kier molecular flexibility index (Phi) is 14.2. The smallest absolute Gasteiger partial charge is 0.377 e. The summed E-state index contributed by atoms with van der Waals surface area (Å²) in [6, 6.07) is 1.16. The van der Waals surface area contributed by atoms with Crippen molar-refractivity contribution in [1.29, 1.82) is 0 Å². The molecular weight excluding hydrogens is 404 g/mol. The molecule has 0 aromatic heterocycles. The van der Waals surface area contributed by atoms with Crippen LogP contribution < -0.4 is 10.6 Å². The van der Waals surface area contributed by atoms with Crippen LogP contribution in [0.25, 0.3) is 0 Å². The van der Waals surface area contributed by atoms with E-state index in [0.717, 1.165) is 0 Å². The second kappa shape index (κ2) is 14.8. The van der Waals surface area contributed by atoms with Crippen LogP contribution in [0.4, 0.5) is 0 Å².